The number of aromatic nitrogens is 2. The van der Waals surface area contributed by atoms with Crippen molar-refractivity contribution in [3.63, 3.8) is 0 Å². The summed E-state index contributed by atoms with van der Waals surface area (Å²) in [6, 6.07) is 7.20. The zero-order valence-corrected chi connectivity index (χ0v) is 12.9. The lowest BCUT2D eigenvalue weighted by atomic mass is 10.2. The molecule has 0 radical (unpaired) electrons. The van der Waals surface area contributed by atoms with E-state index in [4.69, 9.17) is 0 Å². The number of carbonyl (C=O) groups excluding carboxylic acids is 1. The fourth-order valence-electron chi connectivity index (χ4n) is 1.80. The highest BCUT2D eigenvalue weighted by molar-refractivity contribution is 7.99. The molecule has 0 bridgehead atoms. The van der Waals surface area contributed by atoms with Gasteiger partial charge in [0.15, 0.2) is 5.16 Å². The minimum Gasteiger partial charge on any atom is -0.348 e. The number of thioether (sulfide) groups is 1. The number of rotatable bonds is 5. The fourth-order valence-corrected chi connectivity index (χ4v) is 2.79. The summed E-state index contributed by atoms with van der Waals surface area (Å²) < 4.78 is 1.54. The maximum Gasteiger partial charge on any atom is 0.262 e. The van der Waals surface area contributed by atoms with Gasteiger partial charge in [-0.3, -0.25) is 14.2 Å². The highest BCUT2D eigenvalue weighted by Crippen LogP contribution is 2.18. The molecule has 0 fully saturated rings. The van der Waals surface area contributed by atoms with Crippen molar-refractivity contribution in [2.75, 3.05) is 19.8 Å². The first-order valence-corrected chi connectivity index (χ1v) is 7.46. The number of para-hydroxylation sites is 1. The Morgan fingerprint density at radius 3 is 2.81 bits per heavy atom. The van der Waals surface area contributed by atoms with E-state index in [9.17, 15) is 9.59 Å². The van der Waals surface area contributed by atoms with Crippen LogP contribution in [0, 0.1) is 0 Å². The molecular formula is C15H17N3O2S. The number of fused-ring (bicyclic) bond motifs is 1. The van der Waals surface area contributed by atoms with Gasteiger partial charge in [0.1, 0.15) is 0 Å². The summed E-state index contributed by atoms with van der Waals surface area (Å²) in [4.78, 5) is 30.2. The second-order valence-electron chi connectivity index (χ2n) is 4.69. The first-order chi connectivity index (χ1) is 10.0. The molecule has 110 valence electrons. The highest BCUT2D eigenvalue weighted by Gasteiger charge is 2.12. The number of hydrogen-bond donors (Lipinski definition) is 0. The summed E-state index contributed by atoms with van der Waals surface area (Å²) in [5, 5.41) is 1.11. The van der Waals surface area contributed by atoms with Crippen molar-refractivity contribution in [2.45, 2.75) is 11.7 Å². The van der Waals surface area contributed by atoms with Crippen LogP contribution in [0.3, 0.4) is 0 Å². The van der Waals surface area contributed by atoms with Crippen LogP contribution in [0.1, 0.15) is 0 Å². The van der Waals surface area contributed by atoms with E-state index in [1.807, 2.05) is 12.1 Å². The quantitative estimate of drug-likeness (QED) is 0.480. The van der Waals surface area contributed by atoms with Gasteiger partial charge in [0.05, 0.1) is 16.7 Å². The van der Waals surface area contributed by atoms with Crippen molar-refractivity contribution >= 4 is 28.6 Å². The number of benzene rings is 1. The van der Waals surface area contributed by atoms with Gasteiger partial charge in [-0.05, 0) is 12.1 Å². The van der Waals surface area contributed by atoms with Crippen molar-refractivity contribution in [3.05, 3.63) is 47.3 Å². The number of amides is 1. The second kappa shape index (κ2) is 6.58. The Kier molecular flexibility index (Phi) is 4.80. The van der Waals surface area contributed by atoms with E-state index in [2.05, 4.69) is 11.6 Å². The normalized spacial score (nSPS) is 10.6. The van der Waals surface area contributed by atoms with E-state index < -0.39 is 0 Å². The van der Waals surface area contributed by atoms with Gasteiger partial charge in [0, 0.05) is 20.6 Å². The standard InChI is InChI=1S/C15H17N3O2S/c1-4-9-18-14(20)11-7-5-6-8-12(11)16-15(18)21-10-13(19)17(2)3/h4-8H,1,9-10H2,2-3H3. The average molecular weight is 303 g/mol. The lowest BCUT2D eigenvalue weighted by molar-refractivity contribution is -0.125. The molecule has 0 N–H and O–H groups in total. The van der Waals surface area contributed by atoms with Crippen molar-refractivity contribution in [1.82, 2.24) is 14.5 Å². The van der Waals surface area contributed by atoms with E-state index in [0.717, 1.165) is 0 Å². The Bertz CT molecular complexity index is 737. The maximum atomic E-state index is 12.5. The monoisotopic (exact) mass is 303 g/mol. The molecule has 5 nitrogen and oxygen atoms in total. The van der Waals surface area contributed by atoms with Crippen LogP contribution in [0.5, 0.6) is 0 Å². The van der Waals surface area contributed by atoms with Crippen LogP contribution < -0.4 is 5.56 Å². The molecule has 1 aromatic heterocycles. The van der Waals surface area contributed by atoms with E-state index >= 15 is 0 Å². The van der Waals surface area contributed by atoms with Crippen molar-refractivity contribution in [1.29, 1.82) is 0 Å². The largest absolute Gasteiger partial charge is 0.348 e. The summed E-state index contributed by atoms with van der Waals surface area (Å²) in [6.45, 7) is 4.04. The van der Waals surface area contributed by atoms with E-state index in [-0.39, 0.29) is 17.2 Å². The zero-order valence-electron chi connectivity index (χ0n) is 12.1. The molecule has 0 aliphatic heterocycles. The first kappa shape index (κ1) is 15.3. The van der Waals surface area contributed by atoms with Gasteiger partial charge in [-0.2, -0.15) is 0 Å². The van der Waals surface area contributed by atoms with Crippen LogP contribution in [0.4, 0.5) is 0 Å². The van der Waals surface area contributed by atoms with Gasteiger partial charge in [0.2, 0.25) is 5.91 Å². The van der Waals surface area contributed by atoms with Gasteiger partial charge in [-0.25, -0.2) is 4.98 Å². The fraction of sp³-hybridized carbons (Fsp3) is 0.267. The lowest BCUT2D eigenvalue weighted by Gasteiger charge is -2.13. The van der Waals surface area contributed by atoms with Crippen LogP contribution in [0.25, 0.3) is 10.9 Å². The maximum absolute atomic E-state index is 12.5. The molecule has 1 amide bonds. The molecule has 0 saturated carbocycles. The Hall–Kier alpha value is -2.08. The third kappa shape index (κ3) is 3.33. The van der Waals surface area contributed by atoms with Crippen molar-refractivity contribution < 1.29 is 4.79 Å². The smallest absolute Gasteiger partial charge is 0.262 e. The van der Waals surface area contributed by atoms with Crippen LogP contribution in [-0.2, 0) is 11.3 Å². The molecule has 6 heteroatoms. The summed E-state index contributed by atoms with van der Waals surface area (Å²) in [6.07, 6.45) is 1.65. The van der Waals surface area contributed by atoms with Gasteiger partial charge in [-0.15, -0.1) is 6.58 Å². The van der Waals surface area contributed by atoms with Crippen molar-refractivity contribution in [2.24, 2.45) is 0 Å². The molecule has 0 unspecified atom stereocenters. The molecule has 2 aromatic rings. The van der Waals surface area contributed by atoms with Gasteiger partial charge in [0.25, 0.3) is 5.56 Å². The Morgan fingerprint density at radius 1 is 1.43 bits per heavy atom. The lowest BCUT2D eigenvalue weighted by Crippen LogP contribution is -2.26. The van der Waals surface area contributed by atoms with Gasteiger partial charge >= 0.3 is 0 Å². The third-order valence-corrected chi connectivity index (χ3v) is 3.92. The molecule has 0 aliphatic carbocycles. The van der Waals surface area contributed by atoms with Crippen LogP contribution >= 0.6 is 11.8 Å². The summed E-state index contributed by atoms with van der Waals surface area (Å²) in [7, 11) is 3.40. The molecule has 0 saturated heterocycles. The molecule has 1 aromatic carbocycles. The Labute approximate surface area is 127 Å². The topological polar surface area (TPSA) is 55.2 Å². The Balaban J connectivity index is 2.45. The first-order valence-electron chi connectivity index (χ1n) is 6.48. The van der Waals surface area contributed by atoms with Crippen LogP contribution in [0.15, 0.2) is 46.9 Å². The van der Waals surface area contributed by atoms with E-state index in [1.54, 1.807) is 36.9 Å². The number of allylic oxidation sites excluding steroid dienone is 1. The highest BCUT2D eigenvalue weighted by atomic mass is 32.2. The van der Waals surface area contributed by atoms with Crippen LogP contribution in [-0.4, -0.2) is 40.2 Å². The minimum atomic E-state index is -0.111. The average Bonchev–Trinajstić information content (AvgIpc) is 2.48. The Morgan fingerprint density at radius 2 is 2.14 bits per heavy atom. The summed E-state index contributed by atoms with van der Waals surface area (Å²) >= 11 is 1.27. The van der Waals surface area contributed by atoms with Crippen LogP contribution in [0.2, 0.25) is 0 Å². The SMILES string of the molecule is C=CCn1c(SCC(=O)N(C)C)nc2ccccc2c1=O. The van der Waals surface area contributed by atoms with Gasteiger partial charge in [-0.1, -0.05) is 30.0 Å². The molecular weight excluding hydrogens is 286 g/mol. The second-order valence-corrected chi connectivity index (χ2v) is 5.64. The van der Waals surface area contributed by atoms with E-state index in [1.165, 1.54) is 16.7 Å². The number of hydrogen-bond acceptors (Lipinski definition) is 4. The molecule has 1 heterocycles. The predicted octanol–water partition coefficient (Wildman–Crippen LogP) is 1.76. The van der Waals surface area contributed by atoms with Crippen molar-refractivity contribution in [3.8, 4) is 0 Å². The molecule has 2 rings (SSSR count). The molecule has 0 spiro atoms. The molecule has 21 heavy (non-hydrogen) atoms. The number of carbonyl (C=O) groups is 1. The third-order valence-electron chi connectivity index (χ3n) is 2.96. The number of nitrogens with zero attached hydrogens (tertiary/aromatic N) is 3. The summed E-state index contributed by atoms with van der Waals surface area (Å²) in [5.74, 6) is 0.224. The zero-order chi connectivity index (χ0) is 15.4. The summed E-state index contributed by atoms with van der Waals surface area (Å²) in [5.41, 5.74) is 0.530. The predicted molar refractivity (Wildman–Crippen MR) is 85.6 cm³/mol. The minimum absolute atomic E-state index is 0.0208. The molecule has 0 atom stereocenters. The van der Waals surface area contributed by atoms with E-state index in [0.29, 0.717) is 22.6 Å². The van der Waals surface area contributed by atoms with Gasteiger partial charge < -0.3 is 4.90 Å². The molecule has 0 aliphatic rings.